The van der Waals surface area contributed by atoms with Crippen LogP contribution in [0.2, 0.25) is 10.0 Å². The normalized spacial score (nSPS) is 16.2. The number of thioether (sulfide) groups is 1. The van der Waals surface area contributed by atoms with Gasteiger partial charge in [0.15, 0.2) is 5.84 Å². The van der Waals surface area contributed by atoms with Gasteiger partial charge in [-0.3, -0.25) is 10.2 Å². The Hall–Kier alpha value is -3.85. The Morgan fingerprint density at radius 2 is 1.71 bits per heavy atom. The van der Waals surface area contributed by atoms with E-state index in [-0.39, 0.29) is 11.4 Å². The molecular formula is C28H19Cl2N5O2S. The lowest BCUT2D eigenvalue weighted by molar-refractivity contribution is -0.114. The quantitative estimate of drug-likeness (QED) is 0.266. The number of amidine groups is 2. The van der Waals surface area contributed by atoms with Crippen LogP contribution in [0.15, 0.2) is 94.7 Å². The van der Waals surface area contributed by atoms with Gasteiger partial charge in [-0.1, -0.05) is 71.7 Å². The van der Waals surface area contributed by atoms with E-state index in [0.717, 1.165) is 22.0 Å². The summed E-state index contributed by atoms with van der Waals surface area (Å²) in [5.74, 6) is 0.111. The van der Waals surface area contributed by atoms with E-state index in [1.807, 2.05) is 66.9 Å². The van der Waals surface area contributed by atoms with Crippen molar-refractivity contribution in [2.24, 2.45) is 10.1 Å². The van der Waals surface area contributed by atoms with E-state index in [4.69, 9.17) is 33.3 Å². The number of carbonyl (C=O) groups excluding carboxylic acids is 1. The zero-order valence-corrected chi connectivity index (χ0v) is 22.1. The van der Waals surface area contributed by atoms with Crippen molar-refractivity contribution in [2.45, 2.75) is 6.54 Å². The summed E-state index contributed by atoms with van der Waals surface area (Å²) in [5, 5.41) is 17.7. The molecule has 0 fully saturated rings. The summed E-state index contributed by atoms with van der Waals surface area (Å²) >= 11 is 13.8. The van der Waals surface area contributed by atoms with Gasteiger partial charge < -0.3 is 9.30 Å². The first-order chi connectivity index (χ1) is 18.5. The van der Waals surface area contributed by atoms with Crippen LogP contribution < -0.4 is 4.74 Å². The first-order valence-corrected chi connectivity index (χ1v) is 13.3. The monoisotopic (exact) mass is 559 g/mol. The molecule has 10 heteroatoms. The van der Waals surface area contributed by atoms with E-state index in [1.54, 1.807) is 18.2 Å². The lowest BCUT2D eigenvalue weighted by atomic mass is 10.1. The highest BCUT2D eigenvalue weighted by Crippen LogP contribution is 2.34. The molecule has 0 atom stereocenters. The zero-order chi connectivity index (χ0) is 26.2. The SMILES string of the molecule is N=C1/C(=C/c2cn(CCOc3ccccc3Cl)c3ccccc23)C(=O)N=C2SC(c3ccccc3Cl)=NN12. The van der Waals surface area contributed by atoms with Gasteiger partial charge in [-0.25, -0.2) is 0 Å². The van der Waals surface area contributed by atoms with Crippen LogP contribution in [0.4, 0.5) is 0 Å². The van der Waals surface area contributed by atoms with Gasteiger partial charge in [0.05, 0.1) is 22.2 Å². The maximum absolute atomic E-state index is 13.0. The van der Waals surface area contributed by atoms with Crippen molar-refractivity contribution in [2.75, 3.05) is 6.61 Å². The summed E-state index contributed by atoms with van der Waals surface area (Å²) in [7, 11) is 0. The summed E-state index contributed by atoms with van der Waals surface area (Å²) < 4.78 is 7.94. The number of ether oxygens (including phenoxy) is 1. The molecule has 188 valence electrons. The molecule has 0 spiro atoms. The van der Waals surface area contributed by atoms with Gasteiger partial charge in [-0.2, -0.15) is 15.1 Å². The number of aliphatic imine (C=N–C) groups is 1. The molecule has 0 saturated carbocycles. The molecule has 0 radical (unpaired) electrons. The van der Waals surface area contributed by atoms with E-state index in [0.29, 0.717) is 39.2 Å². The largest absolute Gasteiger partial charge is 0.490 e. The topological polar surface area (TPSA) is 83.0 Å². The van der Waals surface area contributed by atoms with Crippen molar-refractivity contribution in [3.8, 4) is 5.75 Å². The van der Waals surface area contributed by atoms with Crippen molar-refractivity contribution in [3.05, 3.63) is 106 Å². The number of rotatable bonds is 6. The van der Waals surface area contributed by atoms with E-state index < -0.39 is 5.91 Å². The molecule has 1 aromatic heterocycles. The van der Waals surface area contributed by atoms with Crippen LogP contribution in [0.1, 0.15) is 11.1 Å². The van der Waals surface area contributed by atoms with Crippen molar-refractivity contribution in [3.63, 3.8) is 0 Å². The van der Waals surface area contributed by atoms with Gasteiger partial charge in [-0.15, -0.1) is 0 Å². The molecule has 1 N–H and O–H groups in total. The van der Waals surface area contributed by atoms with Gasteiger partial charge in [-0.05, 0) is 42.1 Å². The second kappa shape index (κ2) is 10.1. The average Bonchev–Trinajstić information content (AvgIpc) is 3.50. The minimum Gasteiger partial charge on any atom is -0.490 e. The van der Waals surface area contributed by atoms with Crippen LogP contribution in [0.3, 0.4) is 0 Å². The van der Waals surface area contributed by atoms with Crippen molar-refractivity contribution >= 4 is 73.9 Å². The van der Waals surface area contributed by atoms with Gasteiger partial charge in [0.1, 0.15) is 17.4 Å². The molecule has 0 unspecified atom stereocenters. The number of nitrogens with zero attached hydrogens (tertiary/aromatic N) is 4. The highest BCUT2D eigenvalue weighted by molar-refractivity contribution is 8.27. The van der Waals surface area contributed by atoms with Gasteiger partial charge >= 0.3 is 0 Å². The molecular weight excluding hydrogens is 541 g/mol. The third kappa shape index (κ3) is 4.51. The molecule has 0 saturated heterocycles. The van der Waals surface area contributed by atoms with Crippen LogP contribution in [0.25, 0.3) is 17.0 Å². The Morgan fingerprint density at radius 1 is 0.974 bits per heavy atom. The number of aromatic nitrogens is 1. The zero-order valence-electron chi connectivity index (χ0n) is 19.8. The lowest BCUT2D eigenvalue weighted by Crippen LogP contribution is -2.35. The van der Waals surface area contributed by atoms with Crippen LogP contribution in [-0.2, 0) is 11.3 Å². The summed E-state index contributed by atoms with van der Waals surface area (Å²) in [6, 6.07) is 22.6. The maximum atomic E-state index is 13.0. The Labute approximate surface area is 232 Å². The number of halogens is 2. The van der Waals surface area contributed by atoms with E-state index in [2.05, 4.69) is 14.7 Å². The van der Waals surface area contributed by atoms with E-state index >= 15 is 0 Å². The lowest BCUT2D eigenvalue weighted by Gasteiger charge is -2.20. The standard InChI is InChI=1S/C28H19Cl2N5O2S/c29-21-9-3-1-8-19(21)27-33-35-25(31)20(26(36)32-28(35)38-27)15-17-16-34(23-11-5-2-7-18(17)23)13-14-37-24-12-6-4-10-22(24)30/h1-12,15-16,31H,13-14H2/b20-15-,31-25?. The smallest absolute Gasteiger partial charge is 0.283 e. The number of hydrogen-bond acceptors (Lipinski definition) is 5. The van der Waals surface area contributed by atoms with Crippen LogP contribution in [0, 0.1) is 5.41 Å². The maximum Gasteiger partial charge on any atom is 0.283 e. The van der Waals surface area contributed by atoms with Crippen molar-refractivity contribution in [1.82, 2.24) is 9.58 Å². The minimum atomic E-state index is -0.483. The molecule has 6 rings (SSSR count). The third-order valence-corrected chi connectivity index (χ3v) is 7.69. The number of hydrogen-bond donors (Lipinski definition) is 1. The number of carbonyl (C=O) groups is 1. The Morgan fingerprint density at radius 3 is 2.53 bits per heavy atom. The van der Waals surface area contributed by atoms with Gasteiger partial charge in [0.25, 0.3) is 5.91 Å². The number of amides is 1. The highest BCUT2D eigenvalue weighted by Gasteiger charge is 2.36. The summed E-state index contributed by atoms with van der Waals surface area (Å²) in [5.41, 5.74) is 2.67. The molecule has 2 aliphatic rings. The second-order valence-electron chi connectivity index (χ2n) is 8.48. The fourth-order valence-electron chi connectivity index (χ4n) is 4.28. The highest BCUT2D eigenvalue weighted by atomic mass is 35.5. The van der Waals surface area contributed by atoms with Crippen molar-refractivity contribution < 1.29 is 9.53 Å². The predicted octanol–water partition coefficient (Wildman–Crippen LogP) is 6.69. The van der Waals surface area contributed by atoms with Gasteiger partial charge in [0, 0.05) is 28.2 Å². The van der Waals surface area contributed by atoms with Crippen LogP contribution in [0.5, 0.6) is 5.75 Å². The first-order valence-electron chi connectivity index (χ1n) is 11.7. The minimum absolute atomic E-state index is 0.0339. The number of para-hydroxylation sites is 2. The summed E-state index contributed by atoms with van der Waals surface area (Å²) in [6.45, 7) is 0.974. The molecule has 0 bridgehead atoms. The molecule has 1 amide bonds. The number of hydrazone groups is 1. The molecule has 2 aliphatic heterocycles. The Balaban J connectivity index is 1.29. The summed E-state index contributed by atoms with van der Waals surface area (Å²) in [6.07, 6.45) is 3.65. The fraction of sp³-hybridized carbons (Fsp3) is 0.0714. The van der Waals surface area contributed by atoms with E-state index in [1.165, 1.54) is 16.8 Å². The Bertz CT molecular complexity index is 1710. The van der Waals surface area contributed by atoms with Crippen LogP contribution in [-0.4, -0.2) is 38.1 Å². The molecule has 4 aromatic rings. The fourth-order valence-corrected chi connectivity index (χ4v) is 5.68. The van der Waals surface area contributed by atoms with E-state index in [9.17, 15) is 4.79 Å². The predicted molar refractivity (Wildman–Crippen MR) is 154 cm³/mol. The molecule has 0 aliphatic carbocycles. The summed E-state index contributed by atoms with van der Waals surface area (Å²) in [4.78, 5) is 17.2. The van der Waals surface area contributed by atoms with Gasteiger partial charge in [0.2, 0.25) is 5.17 Å². The van der Waals surface area contributed by atoms with Crippen molar-refractivity contribution in [1.29, 1.82) is 5.41 Å². The number of fused-ring (bicyclic) bond motifs is 2. The number of nitrogens with one attached hydrogen (secondary N) is 1. The second-order valence-corrected chi connectivity index (χ2v) is 10.2. The third-order valence-electron chi connectivity index (χ3n) is 6.10. The Kier molecular flexibility index (Phi) is 6.53. The molecule has 3 heterocycles. The average molecular weight is 560 g/mol. The van der Waals surface area contributed by atoms with Crippen LogP contribution >= 0.6 is 35.0 Å². The molecule has 3 aromatic carbocycles. The molecule has 7 nitrogen and oxygen atoms in total. The number of benzene rings is 3. The first kappa shape index (κ1) is 24.5. The molecule has 38 heavy (non-hydrogen) atoms.